The predicted octanol–water partition coefficient (Wildman–Crippen LogP) is -0.197. The zero-order chi connectivity index (χ0) is 11.7. The highest BCUT2D eigenvalue weighted by atomic mass is 16.5. The second-order valence-electron chi connectivity index (χ2n) is 3.20. The SMILES string of the molecule is CCC(C=O)OC(CO)C(C=O)COC. The minimum absolute atomic E-state index is 0.171. The molecule has 5 heteroatoms. The van der Waals surface area contributed by atoms with Crippen LogP contribution in [0, 0.1) is 5.92 Å². The molecule has 0 aromatic rings. The average molecular weight is 218 g/mol. The lowest BCUT2D eigenvalue weighted by atomic mass is 10.1. The second-order valence-corrected chi connectivity index (χ2v) is 3.20. The van der Waals surface area contributed by atoms with Crippen molar-refractivity contribution in [3.8, 4) is 0 Å². The first-order valence-corrected chi connectivity index (χ1v) is 4.89. The molecule has 0 aliphatic carbocycles. The third kappa shape index (κ3) is 5.01. The molecule has 3 unspecified atom stereocenters. The Balaban J connectivity index is 4.30. The number of rotatable bonds is 9. The molecule has 0 bridgehead atoms. The van der Waals surface area contributed by atoms with Gasteiger partial charge < -0.3 is 24.2 Å². The molecule has 0 radical (unpaired) electrons. The van der Waals surface area contributed by atoms with Gasteiger partial charge in [-0.1, -0.05) is 6.92 Å². The van der Waals surface area contributed by atoms with Gasteiger partial charge in [-0.05, 0) is 6.42 Å². The maximum Gasteiger partial charge on any atom is 0.148 e. The van der Waals surface area contributed by atoms with Gasteiger partial charge in [0.25, 0.3) is 0 Å². The average Bonchev–Trinajstić information content (AvgIpc) is 2.28. The summed E-state index contributed by atoms with van der Waals surface area (Å²) in [7, 11) is 1.46. The summed E-state index contributed by atoms with van der Waals surface area (Å²) in [6.07, 6.45) is 0.580. The molecule has 0 aliphatic heterocycles. The molecule has 5 nitrogen and oxygen atoms in total. The summed E-state index contributed by atoms with van der Waals surface area (Å²) in [6, 6.07) is 0. The van der Waals surface area contributed by atoms with Crippen molar-refractivity contribution < 1.29 is 24.2 Å². The van der Waals surface area contributed by atoms with E-state index in [9.17, 15) is 9.59 Å². The molecular weight excluding hydrogens is 200 g/mol. The third-order valence-electron chi connectivity index (χ3n) is 2.10. The van der Waals surface area contributed by atoms with E-state index in [1.165, 1.54) is 7.11 Å². The molecule has 0 heterocycles. The van der Waals surface area contributed by atoms with Crippen LogP contribution in [0.1, 0.15) is 13.3 Å². The van der Waals surface area contributed by atoms with Gasteiger partial charge in [0, 0.05) is 7.11 Å². The fourth-order valence-electron chi connectivity index (χ4n) is 1.16. The van der Waals surface area contributed by atoms with Gasteiger partial charge in [0.05, 0.1) is 25.2 Å². The number of aldehydes is 2. The summed E-state index contributed by atoms with van der Waals surface area (Å²) >= 11 is 0. The Morgan fingerprint density at radius 3 is 2.33 bits per heavy atom. The molecule has 0 rings (SSSR count). The van der Waals surface area contributed by atoms with Crippen molar-refractivity contribution in [3.05, 3.63) is 0 Å². The Morgan fingerprint density at radius 1 is 1.33 bits per heavy atom. The van der Waals surface area contributed by atoms with Crippen LogP contribution in [0.25, 0.3) is 0 Å². The van der Waals surface area contributed by atoms with Crippen molar-refractivity contribution in [1.29, 1.82) is 0 Å². The van der Waals surface area contributed by atoms with Crippen molar-refractivity contribution >= 4 is 12.6 Å². The first-order chi connectivity index (χ1) is 7.23. The van der Waals surface area contributed by atoms with Gasteiger partial charge in [0.2, 0.25) is 0 Å². The fraction of sp³-hybridized carbons (Fsp3) is 0.800. The Morgan fingerprint density at radius 2 is 2.00 bits per heavy atom. The zero-order valence-corrected chi connectivity index (χ0v) is 9.09. The topological polar surface area (TPSA) is 72.8 Å². The normalized spacial score (nSPS) is 16.7. The monoisotopic (exact) mass is 218 g/mol. The van der Waals surface area contributed by atoms with Crippen LogP contribution in [-0.4, -0.2) is 50.2 Å². The lowest BCUT2D eigenvalue weighted by Crippen LogP contribution is -2.35. The van der Waals surface area contributed by atoms with E-state index in [1.54, 1.807) is 6.92 Å². The summed E-state index contributed by atoms with van der Waals surface area (Å²) in [5.41, 5.74) is 0. The summed E-state index contributed by atoms with van der Waals surface area (Å²) < 4.78 is 10.1. The van der Waals surface area contributed by atoms with Gasteiger partial charge >= 0.3 is 0 Å². The highest BCUT2D eigenvalue weighted by Gasteiger charge is 2.23. The maximum absolute atomic E-state index is 10.7. The Hall–Kier alpha value is -0.780. The smallest absolute Gasteiger partial charge is 0.148 e. The second kappa shape index (κ2) is 8.52. The Labute approximate surface area is 89.4 Å². The van der Waals surface area contributed by atoms with E-state index in [0.717, 1.165) is 0 Å². The molecule has 0 saturated carbocycles. The third-order valence-corrected chi connectivity index (χ3v) is 2.10. The van der Waals surface area contributed by atoms with Gasteiger partial charge in [-0.25, -0.2) is 0 Å². The largest absolute Gasteiger partial charge is 0.394 e. The predicted molar refractivity (Wildman–Crippen MR) is 53.5 cm³/mol. The minimum atomic E-state index is -0.683. The van der Waals surface area contributed by atoms with Crippen LogP contribution in [0.4, 0.5) is 0 Å². The van der Waals surface area contributed by atoms with Gasteiger partial charge in [0.15, 0.2) is 0 Å². The number of aliphatic hydroxyl groups is 1. The van der Waals surface area contributed by atoms with Crippen molar-refractivity contribution in [2.75, 3.05) is 20.3 Å². The van der Waals surface area contributed by atoms with Crippen LogP contribution >= 0.6 is 0 Å². The summed E-state index contributed by atoms with van der Waals surface area (Å²) in [5.74, 6) is -0.547. The van der Waals surface area contributed by atoms with Crippen LogP contribution in [0.15, 0.2) is 0 Å². The summed E-state index contributed by atoms with van der Waals surface area (Å²) in [6.45, 7) is 1.65. The van der Waals surface area contributed by atoms with Crippen molar-refractivity contribution in [3.63, 3.8) is 0 Å². The molecule has 15 heavy (non-hydrogen) atoms. The lowest BCUT2D eigenvalue weighted by Gasteiger charge is -2.23. The number of carbonyl (C=O) groups excluding carboxylic acids is 2. The van der Waals surface area contributed by atoms with Crippen molar-refractivity contribution in [1.82, 2.24) is 0 Å². The number of carbonyl (C=O) groups is 2. The van der Waals surface area contributed by atoms with Gasteiger partial charge in [-0.3, -0.25) is 0 Å². The molecule has 0 fully saturated rings. The maximum atomic E-state index is 10.7. The number of aliphatic hydroxyl groups excluding tert-OH is 1. The number of methoxy groups -OCH3 is 1. The van der Waals surface area contributed by atoms with E-state index in [4.69, 9.17) is 14.6 Å². The summed E-state index contributed by atoms with van der Waals surface area (Å²) in [5, 5.41) is 9.04. The van der Waals surface area contributed by atoms with Gasteiger partial charge in [0.1, 0.15) is 18.7 Å². The molecule has 0 aromatic carbocycles. The van der Waals surface area contributed by atoms with E-state index in [2.05, 4.69) is 0 Å². The quantitative estimate of drug-likeness (QED) is 0.543. The minimum Gasteiger partial charge on any atom is -0.394 e. The molecule has 1 N–H and O–H groups in total. The number of ether oxygens (including phenoxy) is 2. The van der Waals surface area contributed by atoms with E-state index in [-0.39, 0.29) is 13.2 Å². The fourth-order valence-corrected chi connectivity index (χ4v) is 1.16. The van der Waals surface area contributed by atoms with E-state index < -0.39 is 18.1 Å². The Kier molecular flexibility index (Phi) is 8.08. The molecule has 0 saturated heterocycles. The molecule has 0 amide bonds. The van der Waals surface area contributed by atoms with Crippen LogP contribution in [-0.2, 0) is 19.1 Å². The highest BCUT2D eigenvalue weighted by Crippen LogP contribution is 2.09. The lowest BCUT2D eigenvalue weighted by molar-refractivity contribution is -0.135. The van der Waals surface area contributed by atoms with E-state index in [1.807, 2.05) is 0 Å². The number of hydrogen-bond acceptors (Lipinski definition) is 5. The molecule has 0 aromatic heterocycles. The molecule has 3 atom stereocenters. The van der Waals surface area contributed by atoms with Crippen LogP contribution in [0.5, 0.6) is 0 Å². The van der Waals surface area contributed by atoms with Gasteiger partial charge in [-0.15, -0.1) is 0 Å². The van der Waals surface area contributed by atoms with E-state index >= 15 is 0 Å². The van der Waals surface area contributed by atoms with Gasteiger partial charge in [-0.2, -0.15) is 0 Å². The van der Waals surface area contributed by atoms with Crippen LogP contribution < -0.4 is 0 Å². The molecule has 88 valence electrons. The Bertz CT molecular complexity index is 183. The first kappa shape index (κ1) is 14.2. The van der Waals surface area contributed by atoms with Crippen LogP contribution in [0.2, 0.25) is 0 Å². The highest BCUT2D eigenvalue weighted by molar-refractivity contribution is 5.57. The molecule has 0 spiro atoms. The van der Waals surface area contributed by atoms with Crippen LogP contribution in [0.3, 0.4) is 0 Å². The number of hydrogen-bond donors (Lipinski definition) is 1. The van der Waals surface area contributed by atoms with E-state index in [0.29, 0.717) is 19.0 Å². The van der Waals surface area contributed by atoms with Crippen molar-refractivity contribution in [2.24, 2.45) is 5.92 Å². The molecule has 0 aliphatic rings. The van der Waals surface area contributed by atoms with Crippen molar-refractivity contribution in [2.45, 2.75) is 25.6 Å². The molecular formula is C10H18O5. The summed E-state index contributed by atoms with van der Waals surface area (Å²) in [4.78, 5) is 21.2. The zero-order valence-electron chi connectivity index (χ0n) is 9.09. The first-order valence-electron chi connectivity index (χ1n) is 4.89. The standard InChI is InChI=1S/C10H18O5/c1-3-9(5-12)15-10(6-13)8(4-11)7-14-2/h4-5,8-10,13H,3,6-7H2,1-2H3.